The van der Waals surface area contributed by atoms with Crippen molar-refractivity contribution in [2.75, 3.05) is 23.7 Å². The van der Waals surface area contributed by atoms with Gasteiger partial charge in [0.2, 0.25) is 0 Å². The van der Waals surface area contributed by atoms with E-state index in [1.165, 1.54) is 12.1 Å². The molecule has 1 atom stereocenters. The quantitative estimate of drug-likeness (QED) is 0.806. The molecular formula is C12H22N4. The number of nitrogens with zero attached hydrogens (tertiary/aromatic N) is 2. The number of fused-ring (bicyclic) bond motifs is 1. The first-order chi connectivity index (χ1) is 7.58. The fourth-order valence-corrected chi connectivity index (χ4v) is 2.47. The first-order valence-corrected chi connectivity index (χ1v) is 6.09. The van der Waals surface area contributed by atoms with Gasteiger partial charge in [-0.25, -0.2) is 0 Å². The van der Waals surface area contributed by atoms with Gasteiger partial charge in [0.1, 0.15) is 11.5 Å². The van der Waals surface area contributed by atoms with E-state index >= 15 is 0 Å². The summed E-state index contributed by atoms with van der Waals surface area (Å²) >= 11 is 0. The van der Waals surface area contributed by atoms with E-state index in [2.05, 4.69) is 36.5 Å². The fourth-order valence-electron chi connectivity index (χ4n) is 2.47. The van der Waals surface area contributed by atoms with Crippen LogP contribution in [-0.4, -0.2) is 22.9 Å². The second-order valence-corrected chi connectivity index (χ2v) is 5.19. The molecule has 4 nitrogen and oxygen atoms in total. The van der Waals surface area contributed by atoms with Crippen molar-refractivity contribution in [2.45, 2.75) is 27.2 Å². The molecule has 1 aliphatic heterocycles. The molecule has 0 amide bonds. The molecule has 2 heterocycles. The van der Waals surface area contributed by atoms with Crippen LogP contribution in [0.4, 0.5) is 11.5 Å². The molecule has 0 aromatic carbocycles. The monoisotopic (exact) mass is 222 g/mol. The van der Waals surface area contributed by atoms with Crippen LogP contribution in [0.25, 0.3) is 0 Å². The molecule has 0 spiro atoms. The summed E-state index contributed by atoms with van der Waals surface area (Å²) in [5.41, 5.74) is 2.25. The fraction of sp³-hybridized carbons (Fsp3) is 0.750. The van der Waals surface area contributed by atoms with E-state index in [9.17, 15) is 0 Å². The molecule has 1 aliphatic rings. The average Bonchev–Trinajstić information content (AvgIpc) is 2.37. The third-order valence-electron chi connectivity index (χ3n) is 3.15. The van der Waals surface area contributed by atoms with E-state index in [0.717, 1.165) is 30.5 Å². The van der Waals surface area contributed by atoms with Crippen molar-refractivity contribution in [3.63, 3.8) is 0 Å². The summed E-state index contributed by atoms with van der Waals surface area (Å²) in [5, 5.41) is 11.4. The Morgan fingerprint density at radius 1 is 1.38 bits per heavy atom. The van der Waals surface area contributed by atoms with Crippen LogP contribution in [0.3, 0.4) is 0 Å². The zero-order valence-corrected chi connectivity index (χ0v) is 10.7. The number of rotatable bonds is 2. The van der Waals surface area contributed by atoms with Crippen LogP contribution in [0.1, 0.15) is 26.0 Å². The largest absolute Gasteiger partial charge is 0.380 e. The second kappa shape index (κ2) is 4.36. The summed E-state index contributed by atoms with van der Waals surface area (Å²) in [5.74, 6) is 2.59. The van der Waals surface area contributed by atoms with Crippen LogP contribution in [0, 0.1) is 18.8 Å². The molecule has 0 aliphatic carbocycles. The minimum Gasteiger partial charge on any atom is -0.380 e. The van der Waals surface area contributed by atoms with Gasteiger partial charge in [-0.2, -0.15) is 5.10 Å². The second-order valence-electron chi connectivity index (χ2n) is 5.19. The van der Waals surface area contributed by atoms with Crippen molar-refractivity contribution >= 4 is 11.5 Å². The van der Waals surface area contributed by atoms with E-state index < -0.39 is 0 Å². The van der Waals surface area contributed by atoms with Crippen molar-refractivity contribution in [1.29, 1.82) is 0 Å². The Hall–Kier alpha value is -1.19. The summed E-state index contributed by atoms with van der Waals surface area (Å²) in [6, 6.07) is 0. The van der Waals surface area contributed by atoms with Gasteiger partial charge in [0.15, 0.2) is 0 Å². The summed E-state index contributed by atoms with van der Waals surface area (Å²) < 4.78 is 1.93. The van der Waals surface area contributed by atoms with Crippen molar-refractivity contribution in [2.24, 2.45) is 18.9 Å². The normalized spacial score (nSPS) is 19.9. The van der Waals surface area contributed by atoms with E-state index in [4.69, 9.17) is 0 Å². The van der Waals surface area contributed by atoms with Gasteiger partial charge in [-0.05, 0) is 25.2 Å². The molecule has 16 heavy (non-hydrogen) atoms. The smallest absolute Gasteiger partial charge is 0.147 e. The number of aromatic nitrogens is 2. The highest BCUT2D eigenvalue weighted by Gasteiger charge is 2.20. The Morgan fingerprint density at radius 3 is 2.75 bits per heavy atom. The van der Waals surface area contributed by atoms with E-state index in [0.29, 0.717) is 5.92 Å². The van der Waals surface area contributed by atoms with Gasteiger partial charge < -0.3 is 10.6 Å². The molecule has 2 N–H and O–H groups in total. The van der Waals surface area contributed by atoms with Crippen LogP contribution in [0.2, 0.25) is 0 Å². The molecule has 0 saturated carbocycles. The maximum absolute atomic E-state index is 4.41. The van der Waals surface area contributed by atoms with Gasteiger partial charge in [-0.3, -0.25) is 4.68 Å². The Labute approximate surface area is 97.4 Å². The Morgan fingerprint density at radius 2 is 2.06 bits per heavy atom. The zero-order valence-electron chi connectivity index (χ0n) is 10.7. The summed E-state index contributed by atoms with van der Waals surface area (Å²) in [6.45, 7) is 8.70. The number of hydrogen-bond acceptors (Lipinski definition) is 3. The topological polar surface area (TPSA) is 41.9 Å². The van der Waals surface area contributed by atoms with E-state index in [1.807, 2.05) is 11.7 Å². The Balaban J connectivity index is 2.10. The molecule has 0 radical (unpaired) electrons. The minimum absolute atomic E-state index is 0.701. The molecule has 0 saturated heterocycles. The maximum Gasteiger partial charge on any atom is 0.147 e. The van der Waals surface area contributed by atoms with Crippen molar-refractivity contribution in [1.82, 2.24) is 9.78 Å². The van der Waals surface area contributed by atoms with E-state index in [1.54, 1.807) is 0 Å². The highest BCUT2D eigenvalue weighted by molar-refractivity contribution is 5.68. The van der Waals surface area contributed by atoms with Gasteiger partial charge in [-0.15, -0.1) is 0 Å². The molecule has 2 rings (SSSR count). The average molecular weight is 222 g/mol. The summed E-state index contributed by atoms with van der Waals surface area (Å²) in [6.07, 6.45) is 1.26. The predicted molar refractivity (Wildman–Crippen MR) is 67.9 cm³/mol. The SMILES string of the molecule is Cc1nn(C)c2c1NCC(CC(C)C)CN2. The number of hydrogen-bond donors (Lipinski definition) is 2. The summed E-state index contributed by atoms with van der Waals surface area (Å²) in [7, 11) is 1.99. The van der Waals surface area contributed by atoms with Gasteiger partial charge in [0.05, 0.1) is 5.69 Å². The molecule has 1 unspecified atom stereocenters. The van der Waals surface area contributed by atoms with Crippen LogP contribution in [0.5, 0.6) is 0 Å². The lowest BCUT2D eigenvalue weighted by Gasteiger charge is -2.17. The van der Waals surface area contributed by atoms with Crippen LogP contribution in [0.15, 0.2) is 0 Å². The van der Waals surface area contributed by atoms with Gasteiger partial charge in [-0.1, -0.05) is 13.8 Å². The van der Waals surface area contributed by atoms with Crippen molar-refractivity contribution in [3.05, 3.63) is 5.69 Å². The molecular weight excluding hydrogens is 200 g/mol. The van der Waals surface area contributed by atoms with Gasteiger partial charge >= 0.3 is 0 Å². The van der Waals surface area contributed by atoms with Gasteiger partial charge in [0, 0.05) is 20.1 Å². The Bertz CT molecular complexity index is 339. The van der Waals surface area contributed by atoms with Crippen LogP contribution < -0.4 is 10.6 Å². The Kier molecular flexibility index (Phi) is 3.08. The summed E-state index contributed by atoms with van der Waals surface area (Å²) in [4.78, 5) is 0. The first-order valence-electron chi connectivity index (χ1n) is 6.09. The van der Waals surface area contributed by atoms with Crippen molar-refractivity contribution in [3.8, 4) is 0 Å². The molecule has 4 heteroatoms. The van der Waals surface area contributed by atoms with Crippen LogP contribution >= 0.6 is 0 Å². The minimum atomic E-state index is 0.701. The van der Waals surface area contributed by atoms with Crippen molar-refractivity contribution < 1.29 is 0 Å². The maximum atomic E-state index is 4.41. The molecule has 0 bridgehead atoms. The first kappa shape index (κ1) is 11.3. The highest BCUT2D eigenvalue weighted by atomic mass is 15.3. The van der Waals surface area contributed by atoms with E-state index in [-0.39, 0.29) is 0 Å². The van der Waals surface area contributed by atoms with Gasteiger partial charge in [0.25, 0.3) is 0 Å². The predicted octanol–water partition coefficient (Wildman–Crippen LogP) is 2.23. The number of aryl methyl sites for hydroxylation is 2. The number of anilines is 2. The number of nitrogens with one attached hydrogen (secondary N) is 2. The molecule has 1 aromatic rings. The third kappa shape index (κ3) is 2.15. The lowest BCUT2D eigenvalue weighted by atomic mass is 9.97. The molecule has 0 fully saturated rings. The standard InChI is InChI=1S/C12H22N4/c1-8(2)5-10-6-13-11-9(3)15-16(4)12(11)14-7-10/h8,10,13-14H,5-7H2,1-4H3. The highest BCUT2D eigenvalue weighted by Crippen LogP contribution is 2.28. The van der Waals surface area contributed by atoms with Crippen LogP contribution in [-0.2, 0) is 7.05 Å². The lowest BCUT2D eigenvalue weighted by Crippen LogP contribution is -2.21. The zero-order chi connectivity index (χ0) is 11.7. The molecule has 1 aromatic heterocycles. The molecule has 90 valence electrons. The third-order valence-corrected chi connectivity index (χ3v) is 3.15. The lowest BCUT2D eigenvalue weighted by molar-refractivity contribution is 0.443.